The molecular weight excluding hydrogens is 228 g/mol. The van der Waals surface area contributed by atoms with Crippen LogP contribution in [0.5, 0.6) is 0 Å². The molecule has 0 unspecified atom stereocenters. The van der Waals surface area contributed by atoms with Crippen LogP contribution >= 0.6 is 11.6 Å². The van der Waals surface area contributed by atoms with E-state index in [1.165, 1.54) is 7.11 Å². The molecule has 1 heterocycles. The number of carbonyl (C=O) groups excluding carboxylic acids is 1. The molecule has 0 atom stereocenters. The van der Waals surface area contributed by atoms with Gasteiger partial charge in [-0.2, -0.15) is 5.10 Å². The Morgan fingerprint density at radius 3 is 2.94 bits per heavy atom. The zero-order valence-electron chi connectivity index (χ0n) is 9.00. The molecule has 0 saturated carbocycles. The van der Waals surface area contributed by atoms with Crippen molar-refractivity contribution in [1.82, 2.24) is 10.2 Å². The SMILES string of the molecule is CCc1[nH]nc2cc(Cl)c(C(=O)OC)cc12. The number of nitrogens with one attached hydrogen (secondary N) is 1. The average Bonchev–Trinajstić information content (AvgIpc) is 2.68. The summed E-state index contributed by atoms with van der Waals surface area (Å²) in [4.78, 5) is 11.5. The minimum absolute atomic E-state index is 0.355. The number of hydrogen-bond donors (Lipinski definition) is 1. The Morgan fingerprint density at radius 1 is 1.56 bits per heavy atom. The van der Waals surface area contributed by atoms with Gasteiger partial charge in [-0.3, -0.25) is 5.10 Å². The molecule has 0 bridgehead atoms. The van der Waals surface area contributed by atoms with E-state index >= 15 is 0 Å². The van der Waals surface area contributed by atoms with Crippen molar-refractivity contribution in [3.8, 4) is 0 Å². The minimum atomic E-state index is -0.435. The van der Waals surface area contributed by atoms with Crippen molar-refractivity contribution in [3.63, 3.8) is 0 Å². The molecule has 1 aromatic heterocycles. The Hall–Kier alpha value is -1.55. The van der Waals surface area contributed by atoms with Crippen molar-refractivity contribution in [2.75, 3.05) is 7.11 Å². The number of ether oxygens (including phenoxy) is 1. The fourth-order valence-corrected chi connectivity index (χ4v) is 1.86. The number of H-pyrrole nitrogens is 1. The molecular formula is C11H11ClN2O2. The number of halogens is 1. The summed E-state index contributed by atoms with van der Waals surface area (Å²) in [5.41, 5.74) is 2.11. The second-order valence-corrected chi connectivity index (χ2v) is 3.80. The molecule has 0 amide bonds. The minimum Gasteiger partial charge on any atom is -0.465 e. The number of fused-ring (bicyclic) bond motifs is 1. The first kappa shape index (κ1) is 11.0. The van der Waals surface area contributed by atoms with Crippen molar-refractivity contribution < 1.29 is 9.53 Å². The van der Waals surface area contributed by atoms with Gasteiger partial charge in [-0.05, 0) is 18.6 Å². The van der Waals surface area contributed by atoms with Gasteiger partial charge in [0.15, 0.2) is 0 Å². The van der Waals surface area contributed by atoms with Crippen molar-refractivity contribution in [2.24, 2.45) is 0 Å². The zero-order valence-corrected chi connectivity index (χ0v) is 9.76. The molecule has 0 fully saturated rings. The molecule has 0 radical (unpaired) electrons. The fraction of sp³-hybridized carbons (Fsp3) is 0.273. The van der Waals surface area contributed by atoms with Gasteiger partial charge in [-0.15, -0.1) is 0 Å². The van der Waals surface area contributed by atoms with Gasteiger partial charge in [0.2, 0.25) is 0 Å². The highest BCUT2D eigenvalue weighted by Gasteiger charge is 2.14. The summed E-state index contributed by atoms with van der Waals surface area (Å²) >= 11 is 5.97. The molecule has 0 spiro atoms. The van der Waals surface area contributed by atoms with E-state index in [0.717, 1.165) is 23.0 Å². The second kappa shape index (κ2) is 4.14. The van der Waals surface area contributed by atoms with E-state index in [4.69, 9.17) is 11.6 Å². The number of aryl methyl sites for hydroxylation is 1. The van der Waals surface area contributed by atoms with Crippen LogP contribution in [0, 0.1) is 0 Å². The van der Waals surface area contributed by atoms with Gasteiger partial charge in [0.25, 0.3) is 0 Å². The molecule has 5 heteroatoms. The van der Waals surface area contributed by atoms with E-state index in [0.29, 0.717) is 10.6 Å². The van der Waals surface area contributed by atoms with Crippen LogP contribution in [0.3, 0.4) is 0 Å². The number of carbonyl (C=O) groups is 1. The summed E-state index contributed by atoms with van der Waals surface area (Å²) < 4.78 is 4.66. The van der Waals surface area contributed by atoms with Crippen LogP contribution in [0.4, 0.5) is 0 Å². The quantitative estimate of drug-likeness (QED) is 0.818. The number of aromatic nitrogens is 2. The van der Waals surface area contributed by atoms with Crippen LogP contribution in [0.2, 0.25) is 5.02 Å². The summed E-state index contributed by atoms with van der Waals surface area (Å²) in [5, 5.41) is 8.29. The largest absolute Gasteiger partial charge is 0.465 e. The Balaban J connectivity index is 2.67. The lowest BCUT2D eigenvalue weighted by Crippen LogP contribution is -2.01. The molecule has 1 N–H and O–H groups in total. The molecule has 0 saturated heterocycles. The Bertz CT molecular complexity index is 548. The first-order valence-corrected chi connectivity index (χ1v) is 5.30. The van der Waals surface area contributed by atoms with Crippen LogP contribution in [0.1, 0.15) is 23.0 Å². The van der Waals surface area contributed by atoms with Gasteiger partial charge < -0.3 is 4.74 Å². The van der Waals surface area contributed by atoms with Gasteiger partial charge in [-0.1, -0.05) is 18.5 Å². The number of esters is 1. The maximum absolute atomic E-state index is 11.5. The van der Waals surface area contributed by atoms with Crippen molar-refractivity contribution >= 4 is 28.5 Å². The van der Waals surface area contributed by atoms with Gasteiger partial charge in [0, 0.05) is 11.1 Å². The third-order valence-electron chi connectivity index (χ3n) is 2.48. The predicted molar refractivity (Wildman–Crippen MR) is 61.8 cm³/mol. The van der Waals surface area contributed by atoms with E-state index < -0.39 is 5.97 Å². The van der Waals surface area contributed by atoms with Crippen molar-refractivity contribution in [2.45, 2.75) is 13.3 Å². The van der Waals surface area contributed by atoms with Gasteiger partial charge in [-0.25, -0.2) is 4.79 Å². The van der Waals surface area contributed by atoms with Crippen molar-refractivity contribution in [3.05, 3.63) is 28.4 Å². The third-order valence-corrected chi connectivity index (χ3v) is 2.79. The van der Waals surface area contributed by atoms with E-state index in [1.54, 1.807) is 12.1 Å². The third kappa shape index (κ3) is 1.65. The Morgan fingerprint density at radius 2 is 2.31 bits per heavy atom. The summed E-state index contributed by atoms with van der Waals surface area (Å²) in [6.07, 6.45) is 0.818. The highest BCUT2D eigenvalue weighted by atomic mass is 35.5. The second-order valence-electron chi connectivity index (χ2n) is 3.40. The van der Waals surface area contributed by atoms with Crippen LogP contribution in [-0.2, 0) is 11.2 Å². The first-order chi connectivity index (χ1) is 7.67. The fourth-order valence-electron chi connectivity index (χ4n) is 1.62. The maximum Gasteiger partial charge on any atom is 0.339 e. The molecule has 1 aromatic carbocycles. The topological polar surface area (TPSA) is 55.0 Å². The molecule has 16 heavy (non-hydrogen) atoms. The Labute approximate surface area is 97.5 Å². The van der Waals surface area contributed by atoms with Crippen LogP contribution in [0.15, 0.2) is 12.1 Å². The smallest absolute Gasteiger partial charge is 0.339 e. The number of aromatic amines is 1. The van der Waals surface area contributed by atoms with E-state index in [-0.39, 0.29) is 0 Å². The van der Waals surface area contributed by atoms with Crippen LogP contribution in [-0.4, -0.2) is 23.3 Å². The number of benzene rings is 1. The van der Waals surface area contributed by atoms with Gasteiger partial charge in [0.1, 0.15) is 0 Å². The summed E-state index contributed by atoms with van der Waals surface area (Å²) in [6, 6.07) is 3.38. The van der Waals surface area contributed by atoms with Crippen LogP contribution in [0.25, 0.3) is 10.9 Å². The number of methoxy groups -OCH3 is 1. The zero-order chi connectivity index (χ0) is 11.7. The lowest BCUT2D eigenvalue weighted by Gasteiger charge is -2.02. The number of hydrogen-bond acceptors (Lipinski definition) is 3. The molecule has 4 nitrogen and oxygen atoms in total. The lowest BCUT2D eigenvalue weighted by atomic mass is 10.1. The average molecular weight is 239 g/mol. The Kier molecular flexibility index (Phi) is 2.83. The van der Waals surface area contributed by atoms with Gasteiger partial charge in [0.05, 0.1) is 23.2 Å². The summed E-state index contributed by atoms with van der Waals surface area (Å²) in [6.45, 7) is 2.01. The monoisotopic (exact) mass is 238 g/mol. The summed E-state index contributed by atoms with van der Waals surface area (Å²) in [7, 11) is 1.33. The molecule has 2 aromatic rings. The number of nitrogens with zero attached hydrogens (tertiary/aromatic N) is 1. The predicted octanol–water partition coefficient (Wildman–Crippen LogP) is 2.57. The standard InChI is InChI=1S/C11H11ClN2O2/c1-3-9-7-4-6(11(15)16-2)8(12)5-10(7)14-13-9/h4-5H,3H2,1-2H3,(H,13,14). The highest BCUT2D eigenvalue weighted by Crippen LogP contribution is 2.25. The molecule has 0 aliphatic heterocycles. The highest BCUT2D eigenvalue weighted by molar-refractivity contribution is 6.34. The van der Waals surface area contributed by atoms with Crippen molar-refractivity contribution in [1.29, 1.82) is 0 Å². The van der Waals surface area contributed by atoms with E-state index in [2.05, 4.69) is 14.9 Å². The van der Waals surface area contributed by atoms with Crippen LogP contribution < -0.4 is 0 Å². The lowest BCUT2D eigenvalue weighted by molar-refractivity contribution is 0.0601. The first-order valence-electron chi connectivity index (χ1n) is 4.92. The van der Waals surface area contributed by atoms with E-state index in [9.17, 15) is 4.79 Å². The molecule has 84 valence electrons. The van der Waals surface area contributed by atoms with E-state index in [1.807, 2.05) is 6.92 Å². The van der Waals surface area contributed by atoms with Gasteiger partial charge >= 0.3 is 5.97 Å². The molecule has 0 aliphatic rings. The summed E-state index contributed by atoms with van der Waals surface area (Å²) in [5.74, 6) is -0.435. The maximum atomic E-state index is 11.5. The number of rotatable bonds is 2. The molecule has 0 aliphatic carbocycles. The normalized spacial score (nSPS) is 10.7. The molecule has 2 rings (SSSR count).